The molecule has 0 saturated heterocycles. The maximum Gasteiger partial charge on any atom is 0.00140 e. The minimum atomic E-state index is 1.05. The molecule has 0 aromatic rings. The van der Waals surface area contributed by atoms with Crippen molar-refractivity contribution >= 4 is 0 Å². The van der Waals surface area contributed by atoms with Crippen LogP contribution in [0.15, 0.2) is 35.1 Å². The van der Waals surface area contributed by atoms with Gasteiger partial charge in [-0.3, -0.25) is 0 Å². The third-order valence-electron chi connectivity index (χ3n) is 1.90. The summed E-state index contributed by atoms with van der Waals surface area (Å²) in [4.78, 5) is 0. The van der Waals surface area contributed by atoms with Crippen molar-refractivity contribution in [3.8, 4) is 0 Å². The van der Waals surface area contributed by atoms with E-state index in [1.807, 2.05) is 0 Å². The molecule has 0 aliphatic rings. The Bertz CT molecular complexity index is 215. The predicted octanol–water partition coefficient (Wildman–Crippen LogP) is 3.15. The molecule has 0 aromatic heterocycles. The Balaban J connectivity index is 4.61. The van der Waals surface area contributed by atoms with Gasteiger partial charge in [-0.25, -0.2) is 0 Å². The van der Waals surface area contributed by atoms with Crippen LogP contribution in [0.2, 0.25) is 0 Å². The standard InChI is InChI=1S/C11H19N/c1-5-6-7-11(8-12)10(4)9(2)3/h6-8H,5,12H2,1-4H3/b7-6-,11-8-. The Kier molecular flexibility index (Phi) is 5.18. The summed E-state index contributed by atoms with van der Waals surface area (Å²) in [5, 5.41) is 0. The van der Waals surface area contributed by atoms with E-state index in [1.165, 1.54) is 11.1 Å². The fourth-order valence-corrected chi connectivity index (χ4v) is 0.839. The molecule has 0 radical (unpaired) electrons. The van der Waals surface area contributed by atoms with Gasteiger partial charge in [0.1, 0.15) is 0 Å². The Hall–Kier alpha value is -0.980. The van der Waals surface area contributed by atoms with Gasteiger partial charge in [-0.2, -0.15) is 0 Å². The van der Waals surface area contributed by atoms with Crippen molar-refractivity contribution in [2.45, 2.75) is 34.1 Å². The van der Waals surface area contributed by atoms with E-state index in [2.05, 4.69) is 39.8 Å². The highest BCUT2D eigenvalue weighted by molar-refractivity contribution is 5.39. The van der Waals surface area contributed by atoms with Gasteiger partial charge < -0.3 is 5.73 Å². The Morgan fingerprint density at radius 1 is 1.25 bits per heavy atom. The molecule has 0 bridgehead atoms. The number of nitrogens with two attached hydrogens (primary N) is 1. The lowest BCUT2D eigenvalue weighted by Crippen LogP contribution is -1.90. The molecule has 0 amide bonds. The molecular formula is C11H19N. The number of rotatable bonds is 3. The lowest BCUT2D eigenvalue weighted by molar-refractivity contribution is 1.20. The molecule has 0 heterocycles. The largest absolute Gasteiger partial charge is 0.404 e. The Morgan fingerprint density at radius 3 is 2.17 bits per heavy atom. The van der Waals surface area contributed by atoms with E-state index < -0.39 is 0 Å². The summed E-state index contributed by atoms with van der Waals surface area (Å²) in [5.41, 5.74) is 9.21. The Morgan fingerprint density at radius 2 is 1.83 bits per heavy atom. The van der Waals surface area contributed by atoms with E-state index in [-0.39, 0.29) is 0 Å². The fraction of sp³-hybridized carbons (Fsp3) is 0.455. The van der Waals surface area contributed by atoms with Crippen LogP contribution < -0.4 is 5.73 Å². The molecule has 0 aliphatic heterocycles. The maximum absolute atomic E-state index is 5.50. The SMILES string of the molecule is CC/C=C\C(=C\N)C(C)=C(C)C. The summed E-state index contributed by atoms with van der Waals surface area (Å²) in [6, 6.07) is 0. The van der Waals surface area contributed by atoms with Crippen molar-refractivity contribution in [2.24, 2.45) is 5.73 Å². The van der Waals surface area contributed by atoms with Crippen molar-refractivity contribution in [3.63, 3.8) is 0 Å². The molecule has 2 N–H and O–H groups in total. The second-order valence-corrected chi connectivity index (χ2v) is 3.06. The van der Waals surface area contributed by atoms with Crippen LogP contribution in [0.4, 0.5) is 0 Å². The molecule has 12 heavy (non-hydrogen) atoms. The molecular weight excluding hydrogens is 146 g/mol. The molecule has 1 heteroatoms. The normalized spacial score (nSPS) is 12.2. The van der Waals surface area contributed by atoms with E-state index in [4.69, 9.17) is 5.73 Å². The molecule has 0 atom stereocenters. The molecule has 0 spiro atoms. The second-order valence-electron chi connectivity index (χ2n) is 3.06. The van der Waals surface area contributed by atoms with Gasteiger partial charge in [0, 0.05) is 6.20 Å². The number of hydrogen-bond donors (Lipinski definition) is 1. The zero-order valence-electron chi connectivity index (χ0n) is 8.52. The monoisotopic (exact) mass is 165 g/mol. The summed E-state index contributed by atoms with van der Waals surface area (Å²) in [5.74, 6) is 0. The zero-order chi connectivity index (χ0) is 9.56. The third-order valence-corrected chi connectivity index (χ3v) is 1.90. The highest BCUT2D eigenvalue weighted by Crippen LogP contribution is 2.14. The highest BCUT2D eigenvalue weighted by Gasteiger charge is 1.95. The first-order valence-electron chi connectivity index (χ1n) is 4.36. The predicted molar refractivity (Wildman–Crippen MR) is 55.7 cm³/mol. The van der Waals surface area contributed by atoms with Gasteiger partial charge in [0.05, 0.1) is 0 Å². The quantitative estimate of drug-likeness (QED) is 0.639. The second kappa shape index (κ2) is 5.64. The lowest BCUT2D eigenvalue weighted by Gasteiger charge is -2.03. The van der Waals surface area contributed by atoms with E-state index in [9.17, 15) is 0 Å². The molecule has 68 valence electrons. The minimum Gasteiger partial charge on any atom is -0.404 e. The summed E-state index contributed by atoms with van der Waals surface area (Å²) in [7, 11) is 0. The average molecular weight is 165 g/mol. The van der Waals surface area contributed by atoms with Crippen molar-refractivity contribution in [1.29, 1.82) is 0 Å². The van der Waals surface area contributed by atoms with Gasteiger partial charge in [0.2, 0.25) is 0 Å². The van der Waals surface area contributed by atoms with Crippen LogP contribution in [-0.4, -0.2) is 0 Å². The van der Waals surface area contributed by atoms with Crippen molar-refractivity contribution in [2.75, 3.05) is 0 Å². The van der Waals surface area contributed by atoms with Crippen LogP contribution in [0.5, 0.6) is 0 Å². The van der Waals surface area contributed by atoms with Crippen LogP contribution >= 0.6 is 0 Å². The summed E-state index contributed by atoms with van der Waals surface area (Å²) in [6.07, 6.45) is 6.90. The highest BCUT2D eigenvalue weighted by atomic mass is 14.5. The van der Waals surface area contributed by atoms with E-state index >= 15 is 0 Å². The van der Waals surface area contributed by atoms with E-state index in [0.717, 1.165) is 12.0 Å². The van der Waals surface area contributed by atoms with Gasteiger partial charge in [-0.15, -0.1) is 0 Å². The lowest BCUT2D eigenvalue weighted by atomic mass is 10.0. The van der Waals surface area contributed by atoms with Gasteiger partial charge >= 0.3 is 0 Å². The van der Waals surface area contributed by atoms with Crippen molar-refractivity contribution in [1.82, 2.24) is 0 Å². The molecule has 0 rings (SSSR count). The maximum atomic E-state index is 5.50. The minimum absolute atomic E-state index is 1.05. The van der Waals surface area contributed by atoms with Gasteiger partial charge in [-0.1, -0.05) is 24.6 Å². The number of hydrogen-bond acceptors (Lipinski definition) is 1. The van der Waals surface area contributed by atoms with Crippen LogP contribution in [0.25, 0.3) is 0 Å². The van der Waals surface area contributed by atoms with Crippen molar-refractivity contribution in [3.05, 3.63) is 35.1 Å². The third kappa shape index (κ3) is 3.42. The van der Waals surface area contributed by atoms with Crippen LogP contribution in [0.3, 0.4) is 0 Å². The van der Waals surface area contributed by atoms with Crippen LogP contribution in [0.1, 0.15) is 34.1 Å². The molecule has 0 aliphatic carbocycles. The first-order valence-corrected chi connectivity index (χ1v) is 4.36. The summed E-state index contributed by atoms with van der Waals surface area (Å²) in [6.45, 7) is 8.40. The topological polar surface area (TPSA) is 26.0 Å². The smallest absolute Gasteiger partial charge is 0.00140 e. The molecule has 0 unspecified atom stereocenters. The van der Waals surface area contributed by atoms with Gasteiger partial charge in [0.15, 0.2) is 0 Å². The van der Waals surface area contributed by atoms with E-state index in [1.54, 1.807) is 6.20 Å². The zero-order valence-corrected chi connectivity index (χ0v) is 8.52. The number of allylic oxidation sites excluding steroid dienone is 5. The van der Waals surface area contributed by atoms with E-state index in [0.29, 0.717) is 0 Å². The van der Waals surface area contributed by atoms with Crippen molar-refractivity contribution < 1.29 is 0 Å². The summed E-state index contributed by atoms with van der Waals surface area (Å²) >= 11 is 0. The summed E-state index contributed by atoms with van der Waals surface area (Å²) < 4.78 is 0. The molecule has 1 nitrogen and oxygen atoms in total. The molecule has 0 saturated carbocycles. The average Bonchev–Trinajstić information content (AvgIpc) is 2.05. The fourth-order valence-electron chi connectivity index (χ4n) is 0.839. The van der Waals surface area contributed by atoms with Gasteiger partial charge in [0.25, 0.3) is 0 Å². The molecule has 0 fully saturated rings. The first-order chi connectivity index (χ1) is 5.63. The molecule has 0 aromatic carbocycles. The van der Waals surface area contributed by atoms with Gasteiger partial charge in [-0.05, 0) is 38.3 Å². The van der Waals surface area contributed by atoms with Crippen LogP contribution in [-0.2, 0) is 0 Å². The van der Waals surface area contributed by atoms with Crippen LogP contribution in [0, 0.1) is 0 Å². The Labute approximate surface area is 75.7 Å². The first kappa shape index (κ1) is 11.0.